The Balaban J connectivity index is 0. The Morgan fingerprint density at radius 1 is 1.06 bits per heavy atom. The topological polar surface area (TPSA) is 43.4 Å². The van der Waals surface area contributed by atoms with Gasteiger partial charge in [0.25, 0.3) is 10.1 Å². The Kier molecular flexibility index (Phi) is 5.62. The van der Waals surface area contributed by atoms with Gasteiger partial charge in [-0.1, -0.05) is 36.4 Å². The zero-order chi connectivity index (χ0) is 12.5. The van der Waals surface area contributed by atoms with Crippen LogP contribution < -0.4 is 0 Å². The van der Waals surface area contributed by atoms with Crippen LogP contribution in [0.4, 0.5) is 0 Å². The first kappa shape index (κ1) is 15.9. The summed E-state index contributed by atoms with van der Waals surface area (Å²) in [6.07, 6.45) is -0.362. The maximum Gasteiger partial charge on any atom is 2.00 e. The predicted octanol–water partition coefficient (Wildman–Crippen LogP) is 2.80. The van der Waals surface area contributed by atoms with Gasteiger partial charge in [-0.2, -0.15) is 8.42 Å². The Labute approximate surface area is 140 Å². The van der Waals surface area contributed by atoms with Crippen LogP contribution in [-0.2, 0) is 14.3 Å². The molecule has 0 amide bonds. The summed E-state index contributed by atoms with van der Waals surface area (Å²) in [5.74, 6) is 0. The Hall–Kier alpha value is -0.130. The second-order valence-electron chi connectivity index (χ2n) is 4.08. The van der Waals surface area contributed by atoms with Gasteiger partial charge in [-0.05, 0) is 25.3 Å². The molecule has 0 saturated carbocycles. The van der Waals surface area contributed by atoms with Crippen LogP contribution in [0.2, 0.25) is 0 Å². The van der Waals surface area contributed by atoms with Crippen molar-refractivity contribution in [2.45, 2.75) is 24.8 Å². The van der Waals surface area contributed by atoms with Crippen LogP contribution in [0, 0.1) is 0 Å². The average molecular weight is 292 g/mol. The van der Waals surface area contributed by atoms with Crippen molar-refractivity contribution in [2.75, 3.05) is 0 Å². The maximum atomic E-state index is 12.0. The molecule has 2 aromatic carbocycles. The van der Waals surface area contributed by atoms with Crippen LogP contribution in [0.15, 0.2) is 47.4 Å². The molecule has 0 fully saturated rings. The molecule has 0 spiro atoms. The monoisotopic (exact) mass is 292 g/mol. The maximum absolute atomic E-state index is 12.0. The van der Waals surface area contributed by atoms with Gasteiger partial charge in [0, 0.05) is 5.39 Å². The molecule has 0 atom stereocenters. The van der Waals surface area contributed by atoms with E-state index in [2.05, 4.69) is 0 Å². The standard InChI is InChI=1S/C13H14O3S.Ca.2H/c1-10(2)16-17(14,15)13-9-5-7-11-6-3-4-8-12(11)13;;;/h3-10H,1-2H3;;;/q;+2;2*-1. The molecule has 0 aliphatic carbocycles. The predicted molar refractivity (Wildman–Crippen MR) is 75.3 cm³/mol. The van der Waals surface area contributed by atoms with Crippen molar-refractivity contribution in [1.82, 2.24) is 0 Å². The number of fused-ring (bicyclic) bond motifs is 1. The number of hydrogen-bond acceptors (Lipinski definition) is 3. The summed E-state index contributed by atoms with van der Waals surface area (Å²) in [7, 11) is -3.69. The van der Waals surface area contributed by atoms with E-state index in [1.165, 1.54) is 0 Å². The van der Waals surface area contributed by atoms with Gasteiger partial charge in [0.2, 0.25) is 0 Å². The average Bonchev–Trinajstić information content (AvgIpc) is 2.26. The second kappa shape index (κ2) is 6.35. The minimum atomic E-state index is -3.69. The van der Waals surface area contributed by atoms with Gasteiger partial charge in [-0.3, -0.25) is 4.18 Å². The summed E-state index contributed by atoms with van der Waals surface area (Å²) in [6, 6.07) is 12.5. The van der Waals surface area contributed by atoms with Gasteiger partial charge >= 0.3 is 37.7 Å². The molecule has 3 nitrogen and oxygen atoms in total. The molecular formula is C13H16CaO3S. The van der Waals surface area contributed by atoms with Crippen molar-refractivity contribution in [2.24, 2.45) is 0 Å². The summed E-state index contributed by atoms with van der Waals surface area (Å²) in [6.45, 7) is 3.39. The third-order valence-corrected chi connectivity index (χ3v) is 3.87. The Bertz CT molecular complexity index is 640. The first-order chi connectivity index (χ1) is 8.00. The third-order valence-electron chi connectivity index (χ3n) is 2.34. The largest absolute Gasteiger partial charge is 2.00 e. The van der Waals surface area contributed by atoms with Crippen LogP contribution in [0.25, 0.3) is 10.8 Å². The van der Waals surface area contributed by atoms with E-state index in [4.69, 9.17) is 4.18 Å². The van der Waals surface area contributed by atoms with Gasteiger partial charge in [0.15, 0.2) is 0 Å². The smallest absolute Gasteiger partial charge is 1.00 e. The van der Waals surface area contributed by atoms with Gasteiger partial charge < -0.3 is 2.85 Å². The minimum absolute atomic E-state index is 0. The van der Waals surface area contributed by atoms with E-state index >= 15 is 0 Å². The van der Waals surface area contributed by atoms with Gasteiger partial charge in [-0.15, -0.1) is 0 Å². The second-order valence-corrected chi connectivity index (χ2v) is 5.62. The van der Waals surface area contributed by atoms with Crippen LogP contribution in [0.1, 0.15) is 16.7 Å². The number of benzene rings is 2. The molecule has 2 rings (SSSR count). The van der Waals surface area contributed by atoms with Gasteiger partial charge in [-0.25, -0.2) is 0 Å². The van der Waals surface area contributed by atoms with Crippen LogP contribution in [-0.4, -0.2) is 52.3 Å². The molecule has 0 heterocycles. The van der Waals surface area contributed by atoms with E-state index in [1.54, 1.807) is 32.0 Å². The summed E-state index contributed by atoms with van der Waals surface area (Å²) in [4.78, 5) is 0.226. The zero-order valence-corrected chi connectivity index (χ0v) is 13.5. The molecule has 0 aromatic heterocycles. The Morgan fingerprint density at radius 3 is 2.33 bits per heavy atom. The molecule has 0 saturated heterocycles. The van der Waals surface area contributed by atoms with E-state index in [-0.39, 0.29) is 51.6 Å². The fourth-order valence-corrected chi connectivity index (χ4v) is 3.03. The summed E-state index contributed by atoms with van der Waals surface area (Å²) in [5.41, 5.74) is 0. The SMILES string of the molecule is CC(C)OS(=O)(=O)c1cccc2ccccc12.[Ca+2].[H-].[H-]. The summed E-state index contributed by atoms with van der Waals surface area (Å²) < 4.78 is 29.1. The molecule has 0 aliphatic heterocycles. The summed E-state index contributed by atoms with van der Waals surface area (Å²) in [5, 5.41) is 1.58. The van der Waals surface area contributed by atoms with Crippen molar-refractivity contribution < 1.29 is 15.5 Å². The fraction of sp³-hybridized carbons (Fsp3) is 0.231. The molecular weight excluding hydrogens is 276 g/mol. The minimum Gasteiger partial charge on any atom is -1.00 e. The van der Waals surface area contributed by atoms with E-state index < -0.39 is 10.1 Å². The molecule has 94 valence electrons. The molecule has 0 radical (unpaired) electrons. The first-order valence-electron chi connectivity index (χ1n) is 5.42. The molecule has 0 unspecified atom stereocenters. The van der Waals surface area contributed by atoms with Crippen molar-refractivity contribution in [3.05, 3.63) is 42.5 Å². The number of hydrogen-bond donors (Lipinski definition) is 0. The van der Waals surface area contributed by atoms with E-state index in [0.29, 0.717) is 5.39 Å². The van der Waals surface area contributed by atoms with Crippen molar-refractivity contribution in [3.8, 4) is 0 Å². The summed E-state index contributed by atoms with van der Waals surface area (Å²) >= 11 is 0. The zero-order valence-electron chi connectivity index (χ0n) is 12.5. The first-order valence-corrected chi connectivity index (χ1v) is 6.82. The molecule has 0 N–H and O–H groups in total. The molecule has 18 heavy (non-hydrogen) atoms. The van der Waals surface area contributed by atoms with E-state index in [1.807, 2.05) is 24.3 Å². The number of rotatable bonds is 3. The van der Waals surface area contributed by atoms with Gasteiger partial charge in [0.1, 0.15) is 4.90 Å². The van der Waals surface area contributed by atoms with Crippen LogP contribution in [0.5, 0.6) is 0 Å². The van der Waals surface area contributed by atoms with Crippen molar-refractivity contribution >= 4 is 58.6 Å². The van der Waals surface area contributed by atoms with E-state index in [9.17, 15) is 8.42 Å². The fourth-order valence-electron chi connectivity index (χ4n) is 1.72. The van der Waals surface area contributed by atoms with Crippen LogP contribution in [0.3, 0.4) is 0 Å². The quantitative estimate of drug-likeness (QED) is 0.645. The normalized spacial score (nSPS) is 11.5. The molecule has 0 aliphatic rings. The van der Waals surface area contributed by atoms with Crippen LogP contribution >= 0.6 is 0 Å². The molecule has 0 bridgehead atoms. The Morgan fingerprint density at radius 2 is 1.67 bits per heavy atom. The van der Waals surface area contributed by atoms with Gasteiger partial charge in [0.05, 0.1) is 6.10 Å². The van der Waals surface area contributed by atoms with E-state index in [0.717, 1.165) is 5.39 Å². The third kappa shape index (κ3) is 3.45. The van der Waals surface area contributed by atoms with Crippen molar-refractivity contribution in [1.29, 1.82) is 0 Å². The molecule has 2 aromatic rings. The molecule has 5 heteroatoms. The van der Waals surface area contributed by atoms with Crippen molar-refractivity contribution in [3.63, 3.8) is 0 Å².